The molecule has 0 aliphatic carbocycles. The predicted molar refractivity (Wildman–Crippen MR) is 99.4 cm³/mol. The van der Waals surface area contributed by atoms with E-state index in [2.05, 4.69) is 10.4 Å². The summed E-state index contributed by atoms with van der Waals surface area (Å²) >= 11 is 6.09. The lowest BCUT2D eigenvalue weighted by atomic mass is 10.2. The predicted octanol–water partition coefficient (Wildman–Crippen LogP) is 4.09. The van der Waals surface area contributed by atoms with E-state index in [9.17, 15) is 14.7 Å². The van der Waals surface area contributed by atoms with Gasteiger partial charge in [-0.15, -0.1) is 0 Å². The van der Waals surface area contributed by atoms with E-state index in [4.69, 9.17) is 11.6 Å². The maximum Gasteiger partial charge on any atom is 0.356 e. The Labute approximate surface area is 155 Å². The van der Waals surface area contributed by atoms with E-state index in [1.165, 1.54) is 4.68 Å². The van der Waals surface area contributed by atoms with Crippen molar-refractivity contribution in [2.45, 2.75) is 13.8 Å². The minimum Gasteiger partial charge on any atom is -0.476 e. The number of aryl methyl sites for hydroxylation is 1. The van der Waals surface area contributed by atoms with Gasteiger partial charge in [0.2, 0.25) is 0 Å². The zero-order valence-corrected chi connectivity index (χ0v) is 14.9. The lowest BCUT2D eigenvalue weighted by Gasteiger charge is -2.12. The van der Waals surface area contributed by atoms with Gasteiger partial charge in [-0.2, -0.15) is 5.10 Å². The highest BCUT2D eigenvalue weighted by atomic mass is 35.5. The zero-order valence-electron chi connectivity index (χ0n) is 14.2. The number of benzene rings is 2. The molecule has 132 valence electrons. The molecule has 0 atom stereocenters. The summed E-state index contributed by atoms with van der Waals surface area (Å²) in [5, 5.41) is 16.6. The van der Waals surface area contributed by atoms with Gasteiger partial charge >= 0.3 is 5.97 Å². The van der Waals surface area contributed by atoms with Gasteiger partial charge in [0.25, 0.3) is 5.91 Å². The second-order valence-corrected chi connectivity index (χ2v) is 6.17. The molecule has 6 nitrogen and oxygen atoms in total. The molecule has 0 aliphatic heterocycles. The van der Waals surface area contributed by atoms with Crippen LogP contribution in [-0.2, 0) is 0 Å². The monoisotopic (exact) mass is 369 g/mol. The molecule has 7 heteroatoms. The number of nitrogens with one attached hydrogen (secondary N) is 1. The average molecular weight is 370 g/mol. The molecule has 0 unspecified atom stereocenters. The Morgan fingerprint density at radius 3 is 2.38 bits per heavy atom. The molecular formula is C19H16ClN3O3. The first kappa shape index (κ1) is 17.7. The van der Waals surface area contributed by atoms with E-state index in [-0.39, 0.29) is 5.69 Å². The fourth-order valence-corrected chi connectivity index (χ4v) is 2.86. The number of aromatic carboxylic acids is 1. The molecule has 0 radical (unpaired) electrons. The Hall–Kier alpha value is -3.12. The van der Waals surface area contributed by atoms with Gasteiger partial charge in [0.15, 0.2) is 5.69 Å². The quantitative estimate of drug-likeness (QED) is 0.725. The molecule has 2 N–H and O–H groups in total. The van der Waals surface area contributed by atoms with Gasteiger partial charge in [-0.1, -0.05) is 41.9 Å². The first-order valence-electron chi connectivity index (χ1n) is 7.85. The summed E-state index contributed by atoms with van der Waals surface area (Å²) in [6.45, 7) is 3.49. The van der Waals surface area contributed by atoms with Crippen molar-refractivity contribution in [3.63, 3.8) is 0 Å². The SMILES string of the molecule is Cc1ccccc1-n1nc(C(=O)O)c(C)c1NC(=O)c1ccccc1Cl. The maximum atomic E-state index is 12.7. The molecule has 0 spiro atoms. The molecule has 0 saturated heterocycles. The lowest BCUT2D eigenvalue weighted by Crippen LogP contribution is -2.16. The molecular weight excluding hydrogens is 354 g/mol. The van der Waals surface area contributed by atoms with Gasteiger partial charge < -0.3 is 10.4 Å². The molecule has 0 aliphatic rings. The summed E-state index contributed by atoms with van der Waals surface area (Å²) in [7, 11) is 0. The van der Waals surface area contributed by atoms with Crippen molar-refractivity contribution in [2.75, 3.05) is 5.32 Å². The Kier molecular flexibility index (Phi) is 4.77. The third kappa shape index (κ3) is 3.19. The van der Waals surface area contributed by atoms with Crippen molar-refractivity contribution in [1.82, 2.24) is 9.78 Å². The number of nitrogens with zero attached hydrogens (tertiary/aromatic N) is 2. The summed E-state index contributed by atoms with van der Waals surface area (Å²) in [5.41, 5.74) is 2.10. The summed E-state index contributed by atoms with van der Waals surface area (Å²) in [4.78, 5) is 24.2. The topological polar surface area (TPSA) is 84.2 Å². The molecule has 1 heterocycles. The van der Waals surface area contributed by atoms with Crippen LogP contribution in [0.2, 0.25) is 5.02 Å². The van der Waals surface area contributed by atoms with Crippen LogP contribution in [0, 0.1) is 13.8 Å². The molecule has 26 heavy (non-hydrogen) atoms. The number of carboxylic acids is 1. The van der Waals surface area contributed by atoms with Crippen LogP contribution in [0.3, 0.4) is 0 Å². The number of carbonyl (C=O) groups is 2. The Morgan fingerprint density at radius 1 is 1.08 bits per heavy atom. The van der Waals surface area contributed by atoms with Crippen LogP contribution < -0.4 is 5.32 Å². The van der Waals surface area contributed by atoms with Gasteiger partial charge in [0.1, 0.15) is 5.82 Å². The van der Waals surface area contributed by atoms with Crippen LogP contribution in [0.15, 0.2) is 48.5 Å². The van der Waals surface area contributed by atoms with Gasteiger partial charge in [-0.25, -0.2) is 9.48 Å². The number of anilines is 1. The zero-order chi connectivity index (χ0) is 18.8. The van der Waals surface area contributed by atoms with Crippen LogP contribution in [0.4, 0.5) is 5.82 Å². The van der Waals surface area contributed by atoms with E-state index >= 15 is 0 Å². The van der Waals surface area contributed by atoms with Crippen LogP contribution in [0.5, 0.6) is 0 Å². The van der Waals surface area contributed by atoms with Crippen molar-refractivity contribution in [3.8, 4) is 5.69 Å². The number of hydrogen-bond acceptors (Lipinski definition) is 3. The Morgan fingerprint density at radius 2 is 1.73 bits per heavy atom. The summed E-state index contributed by atoms with van der Waals surface area (Å²) in [5.74, 6) is -1.31. The third-order valence-corrected chi connectivity index (χ3v) is 4.35. The van der Waals surface area contributed by atoms with Gasteiger partial charge in [0.05, 0.1) is 16.3 Å². The second kappa shape index (κ2) is 7.01. The van der Waals surface area contributed by atoms with Gasteiger partial charge in [-0.3, -0.25) is 4.79 Å². The fraction of sp³-hybridized carbons (Fsp3) is 0.105. The summed E-state index contributed by atoms with van der Waals surface area (Å²) in [6, 6.07) is 14.0. The highest BCUT2D eigenvalue weighted by Crippen LogP contribution is 2.26. The Balaban J connectivity index is 2.11. The molecule has 3 rings (SSSR count). The number of carboxylic acid groups (broad SMARTS) is 1. The van der Waals surface area contributed by atoms with Crippen LogP contribution in [0.25, 0.3) is 5.69 Å². The average Bonchev–Trinajstić information content (AvgIpc) is 2.92. The first-order valence-corrected chi connectivity index (χ1v) is 8.22. The van der Waals surface area contributed by atoms with Gasteiger partial charge in [0, 0.05) is 5.56 Å². The highest BCUT2D eigenvalue weighted by molar-refractivity contribution is 6.34. The maximum absolute atomic E-state index is 12.7. The van der Waals surface area contributed by atoms with Gasteiger partial charge in [-0.05, 0) is 37.6 Å². The number of para-hydroxylation sites is 1. The van der Waals surface area contributed by atoms with Crippen LogP contribution in [-0.4, -0.2) is 26.8 Å². The van der Waals surface area contributed by atoms with E-state index in [0.717, 1.165) is 5.56 Å². The van der Waals surface area contributed by atoms with Crippen molar-refractivity contribution < 1.29 is 14.7 Å². The van der Waals surface area contributed by atoms with Crippen molar-refractivity contribution >= 4 is 29.3 Å². The molecule has 1 aromatic heterocycles. The largest absolute Gasteiger partial charge is 0.476 e. The molecule has 0 bridgehead atoms. The van der Waals surface area contributed by atoms with E-state index in [0.29, 0.717) is 27.7 Å². The molecule has 1 amide bonds. The molecule has 2 aromatic carbocycles. The second-order valence-electron chi connectivity index (χ2n) is 5.76. The lowest BCUT2D eigenvalue weighted by molar-refractivity contribution is 0.0689. The number of rotatable bonds is 4. The van der Waals surface area contributed by atoms with Crippen LogP contribution in [0.1, 0.15) is 32.0 Å². The minimum absolute atomic E-state index is 0.122. The normalized spacial score (nSPS) is 10.6. The molecule has 3 aromatic rings. The smallest absolute Gasteiger partial charge is 0.356 e. The first-order chi connectivity index (χ1) is 12.4. The third-order valence-electron chi connectivity index (χ3n) is 4.02. The van der Waals surface area contributed by atoms with Crippen molar-refractivity contribution in [3.05, 3.63) is 75.9 Å². The number of hydrogen-bond donors (Lipinski definition) is 2. The van der Waals surface area contributed by atoms with E-state index in [1.807, 2.05) is 25.1 Å². The highest BCUT2D eigenvalue weighted by Gasteiger charge is 2.23. The van der Waals surface area contributed by atoms with E-state index in [1.54, 1.807) is 37.3 Å². The van der Waals surface area contributed by atoms with Crippen LogP contribution >= 0.6 is 11.6 Å². The minimum atomic E-state index is -1.16. The number of carbonyl (C=O) groups excluding carboxylic acids is 1. The Bertz CT molecular complexity index is 1010. The van der Waals surface area contributed by atoms with E-state index < -0.39 is 11.9 Å². The number of amides is 1. The van der Waals surface area contributed by atoms with Crippen molar-refractivity contribution in [1.29, 1.82) is 0 Å². The summed E-state index contributed by atoms with van der Waals surface area (Å²) < 4.78 is 1.43. The standard InChI is InChI=1S/C19H16ClN3O3/c1-11-7-3-6-10-15(11)23-17(12(2)16(22-23)19(25)26)21-18(24)13-8-4-5-9-14(13)20/h3-10H,1-2H3,(H,21,24)(H,25,26). The number of aromatic nitrogens is 2. The fourth-order valence-electron chi connectivity index (χ4n) is 2.64. The number of halogens is 1. The molecule has 0 saturated carbocycles. The summed E-state index contributed by atoms with van der Waals surface area (Å²) in [6.07, 6.45) is 0. The van der Waals surface area contributed by atoms with Crippen molar-refractivity contribution in [2.24, 2.45) is 0 Å². The molecule has 0 fully saturated rings.